The molecular formula is C24H29N7O3. The van der Waals surface area contributed by atoms with E-state index < -0.39 is 0 Å². The number of nitrogens with zero attached hydrogens (tertiary/aromatic N) is 4. The van der Waals surface area contributed by atoms with Crippen molar-refractivity contribution in [2.45, 2.75) is 25.8 Å². The van der Waals surface area contributed by atoms with E-state index in [0.29, 0.717) is 49.2 Å². The van der Waals surface area contributed by atoms with Crippen LogP contribution in [0, 0.1) is 6.92 Å². The molecule has 1 amide bonds. The molecule has 5 rings (SSSR count). The van der Waals surface area contributed by atoms with Crippen LogP contribution in [0.1, 0.15) is 34.5 Å². The van der Waals surface area contributed by atoms with Crippen molar-refractivity contribution < 1.29 is 13.9 Å². The van der Waals surface area contributed by atoms with Crippen LogP contribution in [0.4, 0.5) is 11.8 Å². The zero-order chi connectivity index (χ0) is 23.3. The minimum atomic E-state index is -0.232. The number of ether oxygens (including phenoxy) is 1. The summed E-state index contributed by atoms with van der Waals surface area (Å²) >= 11 is 0. The molecular weight excluding hydrogens is 434 g/mol. The van der Waals surface area contributed by atoms with Gasteiger partial charge in [-0.1, -0.05) is 29.8 Å². The van der Waals surface area contributed by atoms with E-state index in [9.17, 15) is 4.79 Å². The number of piperidine rings is 1. The molecule has 10 nitrogen and oxygen atoms in total. The van der Waals surface area contributed by atoms with Crippen LogP contribution in [0.2, 0.25) is 0 Å². The van der Waals surface area contributed by atoms with Crippen molar-refractivity contribution in [3.63, 3.8) is 0 Å². The van der Waals surface area contributed by atoms with Gasteiger partial charge in [-0.2, -0.15) is 10.1 Å². The normalized spacial score (nSPS) is 17.4. The Labute approximate surface area is 197 Å². The SMILES string of the molecule is Cc1cccc(/C=N/Nc2nc(N3CCOCC3)c3oc(C(=O)NC4CCNCC4)cc3n2)c1. The fraction of sp³-hybridized carbons (Fsp3) is 0.417. The highest BCUT2D eigenvalue weighted by molar-refractivity contribution is 5.97. The average molecular weight is 464 g/mol. The highest BCUT2D eigenvalue weighted by atomic mass is 16.5. The van der Waals surface area contributed by atoms with Gasteiger partial charge in [0.2, 0.25) is 5.95 Å². The molecule has 2 fully saturated rings. The Kier molecular flexibility index (Phi) is 6.68. The van der Waals surface area contributed by atoms with E-state index in [1.54, 1.807) is 12.3 Å². The van der Waals surface area contributed by atoms with Gasteiger partial charge in [-0.05, 0) is 38.4 Å². The second-order valence-electron chi connectivity index (χ2n) is 8.58. The largest absolute Gasteiger partial charge is 0.445 e. The van der Waals surface area contributed by atoms with Gasteiger partial charge in [0, 0.05) is 25.2 Å². The average Bonchev–Trinajstić information content (AvgIpc) is 3.29. The first kappa shape index (κ1) is 22.3. The first-order valence-electron chi connectivity index (χ1n) is 11.7. The maximum absolute atomic E-state index is 12.9. The number of nitrogens with one attached hydrogen (secondary N) is 3. The number of amides is 1. The molecule has 0 radical (unpaired) electrons. The number of furan rings is 1. The summed E-state index contributed by atoms with van der Waals surface area (Å²) in [6, 6.07) is 9.85. The monoisotopic (exact) mass is 463 g/mol. The molecule has 0 atom stereocenters. The van der Waals surface area contributed by atoms with Gasteiger partial charge >= 0.3 is 0 Å². The molecule has 4 heterocycles. The lowest BCUT2D eigenvalue weighted by atomic mass is 10.1. The molecule has 3 aromatic rings. The minimum absolute atomic E-state index is 0.139. The number of hydrogen-bond donors (Lipinski definition) is 3. The van der Waals surface area contributed by atoms with Gasteiger partial charge in [-0.3, -0.25) is 4.79 Å². The van der Waals surface area contributed by atoms with E-state index in [1.165, 1.54) is 0 Å². The molecule has 34 heavy (non-hydrogen) atoms. The van der Waals surface area contributed by atoms with Crippen LogP contribution >= 0.6 is 0 Å². The third-order valence-electron chi connectivity index (χ3n) is 5.98. The van der Waals surface area contributed by atoms with E-state index in [-0.39, 0.29) is 17.7 Å². The summed E-state index contributed by atoms with van der Waals surface area (Å²) in [6.45, 7) is 6.39. The van der Waals surface area contributed by atoms with Crippen LogP contribution in [0.3, 0.4) is 0 Å². The summed E-state index contributed by atoms with van der Waals surface area (Å²) in [5, 5.41) is 10.7. The molecule has 1 aromatic carbocycles. The maximum Gasteiger partial charge on any atom is 0.287 e. The molecule has 2 aliphatic rings. The van der Waals surface area contributed by atoms with E-state index in [4.69, 9.17) is 9.15 Å². The topological polar surface area (TPSA) is 117 Å². The molecule has 0 saturated carbocycles. The van der Waals surface area contributed by atoms with Crippen molar-refractivity contribution in [3.8, 4) is 0 Å². The summed E-state index contributed by atoms with van der Waals surface area (Å²) in [5.74, 6) is 0.967. The summed E-state index contributed by atoms with van der Waals surface area (Å²) in [6.07, 6.45) is 3.53. The van der Waals surface area contributed by atoms with Gasteiger partial charge < -0.3 is 24.7 Å². The van der Waals surface area contributed by atoms with Crippen molar-refractivity contribution in [3.05, 3.63) is 47.2 Å². The standard InChI is InChI=1S/C24H29N7O3/c1-16-3-2-4-17(13-16)15-26-30-24-28-19-14-20(23(32)27-18-5-7-25-8-6-18)34-21(19)22(29-24)31-9-11-33-12-10-31/h2-4,13-15,18,25H,5-12H2,1H3,(H,27,32)(H,28,29,30)/b26-15+. The number of carbonyl (C=O) groups is 1. The Morgan fingerprint density at radius 1 is 1.21 bits per heavy atom. The number of rotatable bonds is 6. The summed E-state index contributed by atoms with van der Waals surface area (Å²) in [7, 11) is 0. The molecule has 2 aromatic heterocycles. The number of anilines is 2. The van der Waals surface area contributed by atoms with Crippen LogP contribution in [-0.4, -0.2) is 67.5 Å². The predicted octanol–water partition coefficient (Wildman–Crippen LogP) is 2.30. The molecule has 10 heteroatoms. The third-order valence-corrected chi connectivity index (χ3v) is 5.98. The Bertz CT molecular complexity index is 1180. The Balaban J connectivity index is 1.41. The van der Waals surface area contributed by atoms with Gasteiger partial charge in [0.05, 0.1) is 19.4 Å². The zero-order valence-corrected chi connectivity index (χ0v) is 19.2. The number of hydrogen-bond acceptors (Lipinski definition) is 9. The lowest BCUT2D eigenvalue weighted by Gasteiger charge is -2.27. The van der Waals surface area contributed by atoms with Gasteiger partial charge in [0.25, 0.3) is 5.91 Å². The van der Waals surface area contributed by atoms with Gasteiger partial charge in [0.1, 0.15) is 5.52 Å². The van der Waals surface area contributed by atoms with Crippen LogP contribution < -0.4 is 21.0 Å². The lowest BCUT2D eigenvalue weighted by molar-refractivity contribution is 0.0903. The number of hydrazone groups is 1. The van der Waals surface area contributed by atoms with Crippen LogP contribution in [0.15, 0.2) is 39.9 Å². The summed E-state index contributed by atoms with van der Waals surface area (Å²) in [5.41, 5.74) is 6.11. The number of aromatic nitrogens is 2. The summed E-state index contributed by atoms with van der Waals surface area (Å²) in [4.78, 5) is 24.2. The summed E-state index contributed by atoms with van der Waals surface area (Å²) < 4.78 is 11.5. The highest BCUT2D eigenvalue weighted by Gasteiger charge is 2.24. The number of aryl methyl sites for hydroxylation is 1. The molecule has 2 aliphatic heterocycles. The van der Waals surface area contributed by atoms with Crippen LogP contribution in [0.5, 0.6) is 0 Å². The molecule has 0 bridgehead atoms. The predicted molar refractivity (Wildman–Crippen MR) is 131 cm³/mol. The Morgan fingerprint density at radius 2 is 2.03 bits per heavy atom. The fourth-order valence-electron chi connectivity index (χ4n) is 4.20. The smallest absolute Gasteiger partial charge is 0.287 e. The quantitative estimate of drug-likeness (QED) is 0.377. The molecule has 0 aliphatic carbocycles. The number of fused-ring (bicyclic) bond motifs is 1. The first-order chi connectivity index (χ1) is 16.7. The van der Waals surface area contributed by atoms with Crippen molar-refractivity contribution in [1.82, 2.24) is 20.6 Å². The Morgan fingerprint density at radius 3 is 2.82 bits per heavy atom. The molecule has 2 saturated heterocycles. The molecule has 0 spiro atoms. The molecule has 3 N–H and O–H groups in total. The highest BCUT2D eigenvalue weighted by Crippen LogP contribution is 2.29. The van der Waals surface area contributed by atoms with E-state index >= 15 is 0 Å². The molecule has 0 unspecified atom stereocenters. The lowest BCUT2D eigenvalue weighted by Crippen LogP contribution is -2.42. The number of carbonyl (C=O) groups excluding carboxylic acids is 1. The van der Waals surface area contributed by atoms with Crippen LogP contribution in [-0.2, 0) is 4.74 Å². The molecule has 178 valence electrons. The van der Waals surface area contributed by atoms with Crippen LogP contribution in [0.25, 0.3) is 11.1 Å². The van der Waals surface area contributed by atoms with Crippen molar-refractivity contribution in [2.75, 3.05) is 49.7 Å². The van der Waals surface area contributed by atoms with Crippen molar-refractivity contribution in [2.24, 2.45) is 5.10 Å². The second-order valence-corrected chi connectivity index (χ2v) is 8.58. The maximum atomic E-state index is 12.9. The first-order valence-corrected chi connectivity index (χ1v) is 11.7. The third kappa shape index (κ3) is 5.18. The van der Waals surface area contributed by atoms with E-state index in [2.05, 4.69) is 36.0 Å². The van der Waals surface area contributed by atoms with E-state index in [1.807, 2.05) is 31.2 Å². The van der Waals surface area contributed by atoms with Gasteiger partial charge in [-0.25, -0.2) is 10.4 Å². The van der Waals surface area contributed by atoms with Gasteiger partial charge in [-0.15, -0.1) is 0 Å². The Hall–Kier alpha value is -3.50. The number of morpholine rings is 1. The van der Waals surface area contributed by atoms with Crippen molar-refractivity contribution in [1.29, 1.82) is 0 Å². The fourth-order valence-corrected chi connectivity index (χ4v) is 4.20. The number of benzene rings is 1. The van der Waals surface area contributed by atoms with E-state index in [0.717, 1.165) is 37.1 Å². The minimum Gasteiger partial charge on any atom is -0.445 e. The second kappa shape index (κ2) is 10.2. The van der Waals surface area contributed by atoms with Crippen molar-refractivity contribution >= 4 is 35.0 Å². The van der Waals surface area contributed by atoms with Gasteiger partial charge in [0.15, 0.2) is 17.2 Å². The zero-order valence-electron chi connectivity index (χ0n) is 19.2.